The van der Waals surface area contributed by atoms with E-state index in [0.29, 0.717) is 13.1 Å². The van der Waals surface area contributed by atoms with Crippen LogP contribution in [0.3, 0.4) is 0 Å². The number of hydrogen-bond donors (Lipinski definition) is 1. The van der Waals surface area contributed by atoms with E-state index in [-0.39, 0.29) is 23.5 Å². The SMILES string of the molecule is O=C(C1CSCCN1)N1CCS(=O)(=O)CC1. The molecular weight excluding hydrogens is 248 g/mol. The Morgan fingerprint density at radius 2 is 2.00 bits per heavy atom. The third kappa shape index (κ3) is 2.89. The van der Waals surface area contributed by atoms with Crippen LogP contribution in [0.5, 0.6) is 0 Å². The molecule has 0 aromatic heterocycles. The maximum atomic E-state index is 12.0. The summed E-state index contributed by atoms with van der Waals surface area (Å²) in [6.45, 7) is 1.56. The van der Waals surface area contributed by atoms with Gasteiger partial charge in [0.1, 0.15) is 0 Å². The van der Waals surface area contributed by atoms with Crippen molar-refractivity contribution in [3.8, 4) is 0 Å². The number of nitrogens with zero attached hydrogens (tertiary/aromatic N) is 1. The van der Waals surface area contributed by atoms with Crippen molar-refractivity contribution >= 4 is 27.5 Å². The monoisotopic (exact) mass is 264 g/mol. The van der Waals surface area contributed by atoms with Crippen LogP contribution in [0.25, 0.3) is 0 Å². The van der Waals surface area contributed by atoms with Crippen molar-refractivity contribution in [2.24, 2.45) is 0 Å². The Hall–Kier alpha value is -0.270. The minimum atomic E-state index is -2.90. The molecule has 2 fully saturated rings. The summed E-state index contributed by atoms with van der Waals surface area (Å²) >= 11 is 1.77. The molecule has 2 heterocycles. The lowest BCUT2D eigenvalue weighted by atomic mass is 10.2. The summed E-state index contributed by atoms with van der Waals surface area (Å²) in [5.41, 5.74) is 0. The van der Waals surface area contributed by atoms with Gasteiger partial charge in [-0.1, -0.05) is 0 Å². The summed E-state index contributed by atoms with van der Waals surface area (Å²) in [5.74, 6) is 2.11. The Labute approximate surface area is 99.9 Å². The summed E-state index contributed by atoms with van der Waals surface area (Å²) in [6, 6.07) is -0.125. The van der Waals surface area contributed by atoms with Gasteiger partial charge in [0.05, 0.1) is 17.5 Å². The average Bonchev–Trinajstić information content (AvgIpc) is 2.29. The van der Waals surface area contributed by atoms with Crippen molar-refractivity contribution in [3.05, 3.63) is 0 Å². The lowest BCUT2D eigenvalue weighted by molar-refractivity contribution is -0.132. The first-order chi connectivity index (χ1) is 7.58. The highest BCUT2D eigenvalue weighted by molar-refractivity contribution is 7.99. The molecule has 0 radical (unpaired) electrons. The van der Waals surface area contributed by atoms with Crippen molar-refractivity contribution in [1.82, 2.24) is 10.2 Å². The fourth-order valence-electron chi connectivity index (χ4n) is 1.88. The van der Waals surface area contributed by atoms with Crippen LogP contribution in [0.4, 0.5) is 0 Å². The van der Waals surface area contributed by atoms with Crippen LogP contribution < -0.4 is 5.32 Å². The first-order valence-corrected chi connectivity index (χ1v) is 8.36. The zero-order valence-corrected chi connectivity index (χ0v) is 10.6. The number of hydrogen-bond acceptors (Lipinski definition) is 5. The smallest absolute Gasteiger partial charge is 0.240 e. The molecule has 1 N–H and O–H groups in total. The molecule has 1 amide bonds. The van der Waals surface area contributed by atoms with Crippen molar-refractivity contribution in [3.63, 3.8) is 0 Å². The van der Waals surface area contributed by atoms with E-state index in [9.17, 15) is 13.2 Å². The van der Waals surface area contributed by atoms with Crippen LogP contribution in [-0.4, -0.2) is 67.9 Å². The van der Waals surface area contributed by atoms with Gasteiger partial charge in [-0.3, -0.25) is 4.79 Å². The van der Waals surface area contributed by atoms with Crippen LogP contribution >= 0.6 is 11.8 Å². The lowest BCUT2D eigenvalue weighted by Gasteiger charge is -2.32. The fourth-order valence-corrected chi connectivity index (χ4v) is 4.00. The third-order valence-corrected chi connectivity index (χ3v) is 5.55. The number of rotatable bonds is 1. The molecule has 0 aromatic rings. The van der Waals surface area contributed by atoms with Gasteiger partial charge in [-0.15, -0.1) is 0 Å². The summed E-state index contributed by atoms with van der Waals surface area (Å²) in [7, 11) is -2.90. The second-order valence-electron chi connectivity index (χ2n) is 4.06. The molecule has 0 spiro atoms. The Balaban J connectivity index is 1.90. The molecule has 0 bridgehead atoms. The van der Waals surface area contributed by atoms with E-state index in [1.165, 1.54) is 0 Å². The summed E-state index contributed by atoms with van der Waals surface area (Å²) in [4.78, 5) is 13.7. The Morgan fingerprint density at radius 1 is 1.31 bits per heavy atom. The highest BCUT2D eigenvalue weighted by Crippen LogP contribution is 2.12. The fraction of sp³-hybridized carbons (Fsp3) is 0.889. The molecule has 2 aliphatic rings. The van der Waals surface area contributed by atoms with E-state index in [2.05, 4.69) is 5.32 Å². The van der Waals surface area contributed by atoms with Crippen LogP contribution in [0, 0.1) is 0 Å². The highest BCUT2D eigenvalue weighted by Gasteiger charge is 2.30. The van der Waals surface area contributed by atoms with Gasteiger partial charge in [0.25, 0.3) is 0 Å². The molecule has 1 atom stereocenters. The van der Waals surface area contributed by atoms with Crippen LogP contribution in [-0.2, 0) is 14.6 Å². The van der Waals surface area contributed by atoms with Crippen molar-refractivity contribution in [2.75, 3.05) is 42.6 Å². The molecule has 0 aromatic carbocycles. The van der Waals surface area contributed by atoms with Gasteiger partial charge >= 0.3 is 0 Å². The average molecular weight is 264 g/mol. The minimum Gasteiger partial charge on any atom is -0.339 e. The second-order valence-corrected chi connectivity index (χ2v) is 7.51. The van der Waals surface area contributed by atoms with Crippen molar-refractivity contribution < 1.29 is 13.2 Å². The molecule has 0 aliphatic carbocycles. The predicted molar refractivity (Wildman–Crippen MR) is 64.3 cm³/mol. The molecule has 7 heteroatoms. The number of sulfone groups is 1. The largest absolute Gasteiger partial charge is 0.339 e. The number of amides is 1. The Kier molecular flexibility index (Phi) is 3.76. The second kappa shape index (κ2) is 4.93. The minimum absolute atomic E-state index is 0.0575. The molecule has 2 aliphatic heterocycles. The zero-order valence-electron chi connectivity index (χ0n) is 9.02. The summed E-state index contributed by atoms with van der Waals surface area (Å²) in [5, 5.41) is 3.18. The predicted octanol–water partition coefficient (Wildman–Crippen LogP) is -1.05. The molecule has 16 heavy (non-hydrogen) atoms. The van der Waals surface area contributed by atoms with E-state index in [0.717, 1.165) is 18.1 Å². The standard InChI is InChI=1S/C9H16N2O3S2/c12-9(8-7-15-4-1-10-8)11-2-5-16(13,14)6-3-11/h8,10H,1-7H2. The normalized spacial score (nSPS) is 30.0. The van der Waals surface area contributed by atoms with Crippen LogP contribution in [0.1, 0.15) is 0 Å². The van der Waals surface area contributed by atoms with Gasteiger partial charge in [0.15, 0.2) is 9.84 Å². The molecule has 1 unspecified atom stereocenters. The molecule has 2 rings (SSSR count). The van der Waals surface area contributed by atoms with Crippen LogP contribution in [0.2, 0.25) is 0 Å². The van der Waals surface area contributed by atoms with Gasteiger partial charge in [-0.2, -0.15) is 11.8 Å². The maximum Gasteiger partial charge on any atom is 0.240 e. The van der Waals surface area contributed by atoms with E-state index in [4.69, 9.17) is 0 Å². The third-order valence-electron chi connectivity index (χ3n) is 2.88. The zero-order chi connectivity index (χ0) is 11.6. The van der Waals surface area contributed by atoms with Gasteiger partial charge in [0.2, 0.25) is 5.91 Å². The van der Waals surface area contributed by atoms with E-state index in [1.54, 1.807) is 16.7 Å². The van der Waals surface area contributed by atoms with Crippen molar-refractivity contribution in [2.45, 2.75) is 6.04 Å². The van der Waals surface area contributed by atoms with Gasteiger partial charge < -0.3 is 10.2 Å². The molecule has 0 saturated carbocycles. The number of nitrogens with one attached hydrogen (secondary N) is 1. The van der Waals surface area contributed by atoms with Gasteiger partial charge in [-0.05, 0) is 0 Å². The van der Waals surface area contributed by atoms with Gasteiger partial charge in [-0.25, -0.2) is 8.42 Å². The number of thioether (sulfide) groups is 1. The van der Waals surface area contributed by atoms with Crippen LogP contribution in [0.15, 0.2) is 0 Å². The molecule has 92 valence electrons. The summed E-state index contributed by atoms with van der Waals surface area (Å²) < 4.78 is 22.5. The Bertz CT molecular complexity index is 349. The molecule has 2 saturated heterocycles. The Morgan fingerprint density at radius 3 is 2.56 bits per heavy atom. The first-order valence-electron chi connectivity index (χ1n) is 5.39. The van der Waals surface area contributed by atoms with Crippen molar-refractivity contribution in [1.29, 1.82) is 0 Å². The van der Waals surface area contributed by atoms with Gasteiger partial charge in [0, 0.05) is 31.1 Å². The molecule has 5 nitrogen and oxygen atoms in total. The lowest BCUT2D eigenvalue weighted by Crippen LogP contribution is -2.54. The highest BCUT2D eigenvalue weighted by atomic mass is 32.2. The topological polar surface area (TPSA) is 66.5 Å². The number of carbonyl (C=O) groups excluding carboxylic acids is 1. The maximum absolute atomic E-state index is 12.0. The van der Waals surface area contributed by atoms with E-state index in [1.807, 2.05) is 0 Å². The van der Waals surface area contributed by atoms with E-state index < -0.39 is 9.84 Å². The first kappa shape index (κ1) is 12.2. The van der Waals surface area contributed by atoms with E-state index >= 15 is 0 Å². The quantitative estimate of drug-likeness (QED) is 0.654. The number of carbonyl (C=O) groups is 1. The molecular formula is C9H16N2O3S2. The summed E-state index contributed by atoms with van der Waals surface area (Å²) in [6.07, 6.45) is 0.